The van der Waals surface area contributed by atoms with E-state index in [4.69, 9.17) is 6.85 Å². The Morgan fingerprint density at radius 2 is 1.54 bits per heavy atom. The molecule has 0 spiro atoms. The highest BCUT2D eigenvalue weighted by molar-refractivity contribution is 5.02. The van der Waals surface area contributed by atoms with E-state index in [2.05, 4.69) is 0 Å². The van der Waals surface area contributed by atoms with Gasteiger partial charge in [0, 0.05) is 0 Å². The van der Waals surface area contributed by atoms with Gasteiger partial charge in [0.2, 0.25) is 0 Å². The zero-order valence-corrected chi connectivity index (χ0v) is 8.92. The van der Waals surface area contributed by atoms with Gasteiger partial charge in [-0.15, -0.1) is 0 Å². The summed E-state index contributed by atoms with van der Waals surface area (Å²) in [6.07, 6.45) is 0. The van der Waals surface area contributed by atoms with E-state index >= 15 is 0 Å². The minimum absolute atomic E-state index is 0.0716. The molecule has 0 radical (unpaired) electrons. The Kier molecular flexibility index (Phi) is 1.56. The average Bonchev–Trinajstić information content (AvgIpc) is 2.40. The van der Waals surface area contributed by atoms with Gasteiger partial charge in [-0.2, -0.15) is 0 Å². The molecular weight excluding hydrogens is 271 g/mol. The third-order valence-corrected chi connectivity index (χ3v) is 3.83. The molecule has 64 valence electrons. The van der Waals surface area contributed by atoms with Crippen molar-refractivity contribution in [3.05, 3.63) is 67.7 Å². The first-order chi connectivity index (χ1) is 8.52. The standard InChI is InChI=1S/C12H10I/c1-3-7-11(8-4-1)13-12-9-5-2-6-10-12/h1-10H/q+1/i1T,3T,4T,7T,8T. The third-order valence-electron chi connectivity index (χ3n) is 1.41. The van der Waals surface area contributed by atoms with Crippen molar-refractivity contribution in [3.8, 4) is 0 Å². The van der Waals surface area contributed by atoms with Crippen molar-refractivity contribution >= 4 is 0 Å². The van der Waals surface area contributed by atoms with E-state index in [1.54, 1.807) is 0 Å². The smallest absolute Gasteiger partial charge is 0.0619 e. The highest BCUT2D eigenvalue weighted by Gasteiger charge is 2.12. The fourth-order valence-corrected chi connectivity index (χ4v) is 2.81. The first-order valence-electron chi connectivity index (χ1n) is 6.29. The van der Waals surface area contributed by atoms with Gasteiger partial charge < -0.3 is 0 Å². The highest BCUT2D eigenvalue weighted by atomic mass is 127. The molecule has 0 saturated carbocycles. The van der Waals surface area contributed by atoms with E-state index in [0.717, 1.165) is 3.57 Å². The van der Waals surface area contributed by atoms with E-state index in [1.807, 2.05) is 30.3 Å². The number of benzene rings is 2. The second-order valence-corrected chi connectivity index (χ2v) is 5.19. The number of halogens is 1. The van der Waals surface area contributed by atoms with E-state index < -0.39 is 21.2 Å². The normalized spacial score (nSPS) is 15.2. The summed E-state index contributed by atoms with van der Waals surface area (Å²) < 4.78 is 39.9. The van der Waals surface area contributed by atoms with Crippen LogP contribution in [0.15, 0.2) is 60.5 Å². The van der Waals surface area contributed by atoms with Crippen molar-refractivity contribution in [1.29, 1.82) is 0 Å². The average molecular weight is 291 g/mol. The fraction of sp³-hybridized carbons (Fsp3) is 0. The molecule has 0 aliphatic carbocycles. The van der Waals surface area contributed by atoms with Gasteiger partial charge in [-0.25, -0.2) is 0 Å². The van der Waals surface area contributed by atoms with E-state index in [9.17, 15) is 0 Å². The quantitative estimate of drug-likeness (QED) is 0.673. The Hall–Kier alpha value is -0.830. The fourth-order valence-electron chi connectivity index (χ4n) is 0.869. The minimum Gasteiger partial charge on any atom is -0.0619 e. The number of rotatable bonds is 2. The van der Waals surface area contributed by atoms with Crippen LogP contribution in [0, 0.1) is 7.14 Å². The van der Waals surface area contributed by atoms with Crippen LogP contribution in [0.4, 0.5) is 0 Å². The molecule has 2 rings (SSSR count). The monoisotopic (exact) mass is 291 g/mol. The van der Waals surface area contributed by atoms with Gasteiger partial charge in [0.15, 0.2) is 7.14 Å². The van der Waals surface area contributed by atoms with E-state index in [1.165, 1.54) is 0 Å². The number of hydrogen-bond donors (Lipinski definition) is 0. The summed E-state index contributed by atoms with van der Waals surface area (Å²) in [6.45, 7) is 0. The minimum atomic E-state index is -0.759. The largest absolute Gasteiger partial charge is 0.357 e. The van der Waals surface area contributed by atoms with Crippen LogP contribution >= 0.6 is 0 Å². The van der Waals surface area contributed by atoms with E-state index in [-0.39, 0.29) is 30.2 Å². The summed E-state index contributed by atoms with van der Waals surface area (Å²) in [4.78, 5) is 0. The lowest BCUT2D eigenvalue weighted by atomic mass is 10.4. The van der Waals surface area contributed by atoms with Crippen molar-refractivity contribution in [2.45, 2.75) is 0 Å². The topological polar surface area (TPSA) is 0 Å². The van der Waals surface area contributed by atoms with Crippen molar-refractivity contribution in [3.63, 3.8) is 0 Å². The highest BCUT2D eigenvalue weighted by Crippen LogP contribution is 1.85. The zero-order valence-electron chi connectivity index (χ0n) is 11.8. The molecule has 0 aromatic heterocycles. The lowest BCUT2D eigenvalue weighted by molar-refractivity contribution is -0.597. The van der Waals surface area contributed by atoms with Gasteiger partial charge in [-0.05, 0) is 24.2 Å². The van der Waals surface area contributed by atoms with Gasteiger partial charge >= 0.3 is 21.2 Å². The molecule has 1 heteroatoms. The first-order valence-corrected chi connectivity index (χ1v) is 5.95. The Bertz CT molecular complexity index is 554. The molecule has 0 N–H and O–H groups in total. The molecule has 13 heavy (non-hydrogen) atoms. The van der Waals surface area contributed by atoms with Gasteiger partial charge in [0.05, 0.1) is 6.85 Å². The van der Waals surface area contributed by atoms with Crippen LogP contribution < -0.4 is 21.2 Å². The van der Waals surface area contributed by atoms with E-state index in [0.29, 0.717) is 3.57 Å². The maximum absolute atomic E-state index is 7.84. The molecule has 2 aromatic carbocycles. The zero-order chi connectivity index (χ0) is 13.3. The molecule has 0 atom stereocenters. The summed E-state index contributed by atoms with van der Waals surface area (Å²) in [5, 5.41) is 0. The van der Waals surface area contributed by atoms with Crippen LogP contribution in [0.5, 0.6) is 0 Å². The van der Waals surface area contributed by atoms with Crippen LogP contribution in [0.1, 0.15) is 6.85 Å². The molecule has 0 aliphatic heterocycles. The molecule has 0 saturated heterocycles. The predicted molar refractivity (Wildman–Crippen MR) is 50.3 cm³/mol. The van der Waals surface area contributed by atoms with Crippen molar-refractivity contribution in [2.24, 2.45) is 0 Å². The Balaban J connectivity index is 2.52. The molecule has 0 aliphatic rings. The molecule has 0 bridgehead atoms. The van der Waals surface area contributed by atoms with Crippen LogP contribution in [0.25, 0.3) is 0 Å². The van der Waals surface area contributed by atoms with Gasteiger partial charge in [-0.3, -0.25) is 0 Å². The second-order valence-electron chi connectivity index (χ2n) is 2.33. The van der Waals surface area contributed by atoms with Crippen LogP contribution in [-0.4, -0.2) is 0 Å². The molecule has 0 unspecified atom stereocenters. The molecule has 0 amide bonds. The van der Waals surface area contributed by atoms with Crippen LogP contribution in [0.2, 0.25) is 0 Å². The molecule has 0 heterocycles. The van der Waals surface area contributed by atoms with Crippen molar-refractivity contribution < 1.29 is 28.1 Å². The number of hydrogen-bond acceptors (Lipinski definition) is 0. The summed E-state index contributed by atoms with van der Waals surface area (Å²) >= 11 is -0.759. The molecule has 2 aromatic rings. The lowest BCUT2D eigenvalue weighted by Gasteiger charge is -1.84. The van der Waals surface area contributed by atoms with Gasteiger partial charge in [-0.1, -0.05) is 36.3 Å². The van der Waals surface area contributed by atoms with Crippen LogP contribution in [-0.2, 0) is 0 Å². The Labute approximate surface area is 95.9 Å². The summed E-state index contributed by atoms with van der Waals surface area (Å²) in [7, 11) is 0. The maximum atomic E-state index is 7.84. The van der Waals surface area contributed by atoms with Crippen molar-refractivity contribution in [1.82, 2.24) is 0 Å². The van der Waals surface area contributed by atoms with Crippen molar-refractivity contribution in [2.75, 3.05) is 0 Å². The lowest BCUT2D eigenvalue weighted by Crippen LogP contribution is -3.61. The molecular formula is C12H10I+. The molecule has 0 nitrogen and oxygen atoms in total. The summed E-state index contributed by atoms with van der Waals surface area (Å²) in [6, 6.07) is 8.57. The maximum Gasteiger partial charge on any atom is 0.357 e. The Morgan fingerprint density at radius 3 is 2.23 bits per heavy atom. The predicted octanol–water partition coefficient (Wildman–Crippen LogP) is -0.185. The first kappa shape index (κ1) is 4.60. The third kappa shape index (κ3) is 2.56. The Morgan fingerprint density at radius 1 is 0.846 bits per heavy atom. The SMILES string of the molecule is [3H]c1c([3H])c([3H])c([I+]c2ccccc2)c([3H])c1[3H]. The summed E-state index contributed by atoms with van der Waals surface area (Å²) in [5.41, 5.74) is 0. The molecule has 0 fully saturated rings. The van der Waals surface area contributed by atoms with Gasteiger partial charge in [0.25, 0.3) is 0 Å². The summed E-state index contributed by atoms with van der Waals surface area (Å²) in [5.74, 6) is 0. The van der Waals surface area contributed by atoms with Gasteiger partial charge in [0.1, 0.15) is 0 Å². The second kappa shape index (κ2) is 4.42. The van der Waals surface area contributed by atoms with Crippen LogP contribution in [0.3, 0.4) is 0 Å².